The molecule has 1 aromatic carbocycles. The van der Waals surface area contributed by atoms with E-state index in [1.54, 1.807) is 17.0 Å². The van der Waals surface area contributed by atoms with Gasteiger partial charge in [0.2, 0.25) is 21.8 Å². The zero-order valence-electron chi connectivity index (χ0n) is 23.2. The third-order valence-electron chi connectivity index (χ3n) is 7.23. The van der Waals surface area contributed by atoms with E-state index in [1.807, 2.05) is 30.9 Å². The zero-order chi connectivity index (χ0) is 26.9. The molecule has 0 bridgehead atoms. The second-order valence-electron chi connectivity index (χ2n) is 11.1. The predicted molar refractivity (Wildman–Crippen MR) is 145 cm³/mol. The highest BCUT2D eigenvalue weighted by atomic mass is 32.2. The Kier molecular flexibility index (Phi) is 11.4. The van der Waals surface area contributed by atoms with Gasteiger partial charge >= 0.3 is 0 Å². The molecule has 2 atom stereocenters. The Bertz CT molecular complexity index is 946. The number of piperazine rings is 1. The fourth-order valence-electron chi connectivity index (χ4n) is 4.43. The number of unbranched alkanes of at least 4 members (excludes halogenated alkanes) is 4. The van der Waals surface area contributed by atoms with Gasteiger partial charge in [0.05, 0.1) is 4.90 Å². The van der Waals surface area contributed by atoms with Crippen molar-refractivity contribution in [2.45, 2.75) is 103 Å². The molecule has 1 aromatic rings. The largest absolute Gasteiger partial charge is 0.339 e. The van der Waals surface area contributed by atoms with Crippen LogP contribution in [0.2, 0.25) is 0 Å². The summed E-state index contributed by atoms with van der Waals surface area (Å²) >= 11 is 0. The first-order valence-corrected chi connectivity index (χ1v) is 15.1. The maximum Gasteiger partial charge on any atom is 0.241 e. The number of hydrogen-bond donors (Lipinski definition) is 1. The minimum Gasteiger partial charge on any atom is -0.339 e. The molecule has 2 amide bonds. The molecular formula is C28H47N3O4S. The first-order valence-electron chi connectivity index (χ1n) is 13.6. The highest BCUT2D eigenvalue weighted by molar-refractivity contribution is 7.89. The van der Waals surface area contributed by atoms with E-state index in [9.17, 15) is 18.0 Å². The standard InChI is InChI=1S/C28H47N3O4S/c1-7-9-10-11-12-13-25(32)30-18-20-31(21-19-30)27(33)26(22(3)8-2)29-36(34,35)24-16-14-23(15-17-24)28(4,5)6/h14-17,22,26,29H,7-13,18-21H2,1-6H3. The minimum atomic E-state index is -3.86. The van der Waals surface area contributed by atoms with Crippen LogP contribution in [0.4, 0.5) is 0 Å². The molecule has 7 nitrogen and oxygen atoms in total. The van der Waals surface area contributed by atoms with E-state index in [4.69, 9.17) is 0 Å². The van der Waals surface area contributed by atoms with Crippen LogP contribution >= 0.6 is 0 Å². The summed E-state index contributed by atoms with van der Waals surface area (Å²) in [5.74, 6) is -0.230. The fourth-order valence-corrected chi connectivity index (χ4v) is 5.72. The van der Waals surface area contributed by atoms with Crippen molar-refractivity contribution in [3.63, 3.8) is 0 Å². The van der Waals surface area contributed by atoms with E-state index < -0.39 is 16.1 Å². The molecule has 0 spiro atoms. The normalized spacial score (nSPS) is 16.6. The Morgan fingerprint density at radius 3 is 2.00 bits per heavy atom. The molecule has 36 heavy (non-hydrogen) atoms. The lowest BCUT2D eigenvalue weighted by Gasteiger charge is -2.37. The molecule has 0 aromatic heterocycles. The van der Waals surface area contributed by atoms with Gasteiger partial charge in [0.15, 0.2) is 0 Å². The van der Waals surface area contributed by atoms with Gasteiger partial charge in [0.1, 0.15) is 6.04 Å². The molecule has 1 heterocycles. The SMILES string of the molecule is CCCCCCCC(=O)N1CCN(C(=O)C(NS(=O)(=O)c2ccc(C(C)(C)C)cc2)C(C)CC)CC1. The molecule has 204 valence electrons. The van der Waals surface area contributed by atoms with Crippen LogP contribution in [-0.4, -0.2) is 62.3 Å². The van der Waals surface area contributed by atoms with Crippen molar-refractivity contribution in [3.05, 3.63) is 29.8 Å². The van der Waals surface area contributed by atoms with Gasteiger partial charge in [-0.15, -0.1) is 0 Å². The Labute approximate surface area is 219 Å². The van der Waals surface area contributed by atoms with E-state index in [0.717, 1.165) is 18.4 Å². The highest BCUT2D eigenvalue weighted by Crippen LogP contribution is 2.24. The summed E-state index contributed by atoms with van der Waals surface area (Å²) in [5.41, 5.74) is 0.966. The molecule has 1 aliphatic rings. The molecular weight excluding hydrogens is 474 g/mol. The quantitative estimate of drug-likeness (QED) is 0.404. The van der Waals surface area contributed by atoms with Crippen molar-refractivity contribution in [2.75, 3.05) is 26.2 Å². The second-order valence-corrected chi connectivity index (χ2v) is 12.8. The van der Waals surface area contributed by atoms with Crippen LogP contribution in [-0.2, 0) is 25.0 Å². The first-order chi connectivity index (χ1) is 16.9. The van der Waals surface area contributed by atoms with Crippen molar-refractivity contribution < 1.29 is 18.0 Å². The number of carbonyl (C=O) groups excluding carboxylic acids is 2. The van der Waals surface area contributed by atoms with Gasteiger partial charge < -0.3 is 9.80 Å². The van der Waals surface area contributed by atoms with Crippen LogP contribution < -0.4 is 4.72 Å². The van der Waals surface area contributed by atoms with Crippen molar-refractivity contribution in [1.29, 1.82) is 0 Å². The van der Waals surface area contributed by atoms with Crippen LogP contribution in [0, 0.1) is 5.92 Å². The summed E-state index contributed by atoms with van der Waals surface area (Å²) in [6.07, 6.45) is 6.76. The van der Waals surface area contributed by atoms with E-state index in [2.05, 4.69) is 32.4 Å². The molecule has 0 saturated carbocycles. The Morgan fingerprint density at radius 2 is 1.47 bits per heavy atom. The number of amides is 2. The summed E-state index contributed by atoms with van der Waals surface area (Å²) < 4.78 is 29.1. The van der Waals surface area contributed by atoms with Gasteiger partial charge in [0, 0.05) is 32.6 Å². The van der Waals surface area contributed by atoms with Crippen molar-refractivity contribution >= 4 is 21.8 Å². The number of nitrogens with one attached hydrogen (secondary N) is 1. The van der Waals surface area contributed by atoms with E-state index >= 15 is 0 Å². The Hall–Kier alpha value is -1.93. The summed E-state index contributed by atoms with van der Waals surface area (Å²) in [7, 11) is -3.86. The Morgan fingerprint density at radius 1 is 0.917 bits per heavy atom. The molecule has 0 aliphatic carbocycles. The summed E-state index contributed by atoms with van der Waals surface area (Å²) in [5, 5.41) is 0. The topological polar surface area (TPSA) is 86.8 Å². The van der Waals surface area contributed by atoms with Crippen molar-refractivity contribution in [3.8, 4) is 0 Å². The average molecular weight is 522 g/mol. The smallest absolute Gasteiger partial charge is 0.241 e. The summed E-state index contributed by atoms with van der Waals surface area (Å²) in [6, 6.07) is 6.02. The maximum absolute atomic E-state index is 13.4. The van der Waals surface area contributed by atoms with E-state index in [-0.39, 0.29) is 28.0 Å². The zero-order valence-corrected chi connectivity index (χ0v) is 24.0. The lowest BCUT2D eigenvalue weighted by atomic mass is 9.87. The average Bonchev–Trinajstić information content (AvgIpc) is 2.86. The number of rotatable bonds is 12. The van der Waals surface area contributed by atoms with Crippen LogP contribution in [0.1, 0.15) is 92.1 Å². The molecule has 0 radical (unpaired) electrons. The third-order valence-corrected chi connectivity index (χ3v) is 8.69. The van der Waals surface area contributed by atoms with Gasteiger partial charge in [-0.25, -0.2) is 8.42 Å². The number of benzene rings is 1. The lowest BCUT2D eigenvalue weighted by molar-refractivity contribution is -0.141. The number of hydrogen-bond acceptors (Lipinski definition) is 4. The monoisotopic (exact) mass is 521 g/mol. The summed E-state index contributed by atoms with van der Waals surface area (Å²) in [4.78, 5) is 29.7. The number of carbonyl (C=O) groups is 2. The van der Waals surface area contributed by atoms with Crippen LogP contribution in [0.15, 0.2) is 29.2 Å². The van der Waals surface area contributed by atoms with E-state index in [0.29, 0.717) is 39.0 Å². The summed E-state index contributed by atoms with van der Waals surface area (Å²) in [6.45, 7) is 14.1. The molecule has 2 unspecified atom stereocenters. The highest BCUT2D eigenvalue weighted by Gasteiger charge is 2.34. The van der Waals surface area contributed by atoms with Gasteiger partial charge in [-0.05, 0) is 35.4 Å². The molecule has 1 N–H and O–H groups in total. The van der Waals surface area contributed by atoms with Gasteiger partial charge in [-0.1, -0.05) is 85.8 Å². The van der Waals surface area contributed by atoms with Crippen LogP contribution in [0.3, 0.4) is 0 Å². The molecule has 1 fully saturated rings. The fraction of sp³-hybridized carbons (Fsp3) is 0.714. The Balaban J connectivity index is 2.01. The number of sulfonamides is 1. The van der Waals surface area contributed by atoms with Crippen LogP contribution in [0.5, 0.6) is 0 Å². The number of nitrogens with zero attached hydrogens (tertiary/aromatic N) is 2. The third kappa shape index (κ3) is 8.58. The molecule has 8 heteroatoms. The van der Waals surface area contributed by atoms with Crippen LogP contribution in [0.25, 0.3) is 0 Å². The van der Waals surface area contributed by atoms with Gasteiger partial charge in [-0.2, -0.15) is 4.72 Å². The maximum atomic E-state index is 13.4. The molecule has 1 aliphatic heterocycles. The second kappa shape index (κ2) is 13.6. The lowest BCUT2D eigenvalue weighted by Crippen LogP contribution is -2.57. The molecule has 1 saturated heterocycles. The minimum absolute atomic E-state index is 0.0798. The van der Waals surface area contributed by atoms with E-state index in [1.165, 1.54) is 19.3 Å². The van der Waals surface area contributed by atoms with Gasteiger partial charge in [-0.3, -0.25) is 9.59 Å². The first kappa shape index (κ1) is 30.3. The predicted octanol–water partition coefficient (Wildman–Crippen LogP) is 4.71. The van der Waals surface area contributed by atoms with Crippen molar-refractivity contribution in [1.82, 2.24) is 14.5 Å². The molecule has 2 rings (SSSR count). The van der Waals surface area contributed by atoms with Crippen molar-refractivity contribution in [2.24, 2.45) is 5.92 Å². The van der Waals surface area contributed by atoms with Gasteiger partial charge in [0.25, 0.3) is 0 Å².